The predicted molar refractivity (Wildman–Crippen MR) is 73.8 cm³/mol. The minimum absolute atomic E-state index is 0.0248. The number of carbonyl (C=O) groups excluding carboxylic acids is 2. The van der Waals surface area contributed by atoms with E-state index in [1.165, 1.54) is 11.8 Å². The third-order valence-electron chi connectivity index (χ3n) is 2.34. The van der Waals surface area contributed by atoms with Gasteiger partial charge in [-0.1, -0.05) is 30.1 Å². The molecule has 0 aromatic carbocycles. The molecule has 1 atom stereocenters. The SMILES string of the molecule is C=CCNC(=O)CCCN1C(=O)C(C)SC1=S. The topological polar surface area (TPSA) is 49.4 Å². The van der Waals surface area contributed by atoms with Crippen molar-refractivity contribution in [2.24, 2.45) is 0 Å². The Morgan fingerprint density at radius 2 is 2.41 bits per heavy atom. The fourth-order valence-corrected chi connectivity index (χ4v) is 2.90. The van der Waals surface area contributed by atoms with Gasteiger partial charge >= 0.3 is 0 Å². The minimum atomic E-state index is -0.0860. The van der Waals surface area contributed by atoms with Gasteiger partial charge in [0.05, 0.1) is 5.25 Å². The molecule has 1 aliphatic heterocycles. The van der Waals surface area contributed by atoms with E-state index in [0.29, 0.717) is 30.3 Å². The van der Waals surface area contributed by atoms with Crippen LogP contribution < -0.4 is 5.32 Å². The average Bonchev–Trinajstić information content (AvgIpc) is 2.53. The van der Waals surface area contributed by atoms with E-state index < -0.39 is 0 Å². The van der Waals surface area contributed by atoms with Gasteiger partial charge in [0.15, 0.2) is 0 Å². The summed E-state index contributed by atoms with van der Waals surface area (Å²) in [5.41, 5.74) is 0. The molecule has 0 aromatic heterocycles. The second-order valence-corrected chi connectivity index (χ2v) is 5.69. The molecule has 94 valence electrons. The van der Waals surface area contributed by atoms with Crippen molar-refractivity contribution < 1.29 is 9.59 Å². The van der Waals surface area contributed by atoms with Crippen molar-refractivity contribution in [3.63, 3.8) is 0 Å². The summed E-state index contributed by atoms with van der Waals surface area (Å²) in [7, 11) is 0. The smallest absolute Gasteiger partial charge is 0.241 e. The number of thiocarbonyl (C=S) groups is 1. The van der Waals surface area contributed by atoms with E-state index in [1.807, 2.05) is 6.92 Å². The normalized spacial score (nSPS) is 19.6. The van der Waals surface area contributed by atoms with Gasteiger partial charge < -0.3 is 5.32 Å². The Labute approximate surface area is 111 Å². The zero-order valence-corrected chi connectivity index (χ0v) is 11.4. The molecule has 1 saturated heterocycles. The Morgan fingerprint density at radius 3 is 2.94 bits per heavy atom. The van der Waals surface area contributed by atoms with Crippen LogP contribution in [0.2, 0.25) is 0 Å². The van der Waals surface area contributed by atoms with Crippen LogP contribution in [0, 0.1) is 0 Å². The van der Waals surface area contributed by atoms with Crippen molar-refractivity contribution in [1.29, 1.82) is 0 Å². The molecule has 0 spiro atoms. The Hall–Kier alpha value is -0.880. The van der Waals surface area contributed by atoms with E-state index in [-0.39, 0.29) is 17.1 Å². The Bertz CT molecular complexity index is 344. The minimum Gasteiger partial charge on any atom is -0.353 e. The van der Waals surface area contributed by atoms with E-state index in [1.54, 1.807) is 11.0 Å². The first kappa shape index (κ1) is 14.2. The second kappa shape index (κ2) is 6.76. The van der Waals surface area contributed by atoms with E-state index in [2.05, 4.69) is 11.9 Å². The molecule has 4 nitrogen and oxygen atoms in total. The summed E-state index contributed by atoms with van der Waals surface area (Å²) in [5, 5.41) is 2.60. The quantitative estimate of drug-likeness (QED) is 0.585. The third-order valence-corrected chi connectivity index (χ3v) is 3.83. The van der Waals surface area contributed by atoms with Crippen molar-refractivity contribution in [3.8, 4) is 0 Å². The number of nitrogens with one attached hydrogen (secondary N) is 1. The first-order chi connectivity index (χ1) is 8.06. The summed E-state index contributed by atoms with van der Waals surface area (Å²) in [4.78, 5) is 24.6. The molecule has 0 radical (unpaired) electrons. The molecule has 17 heavy (non-hydrogen) atoms. The van der Waals surface area contributed by atoms with Crippen LogP contribution in [0.25, 0.3) is 0 Å². The van der Waals surface area contributed by atoms with Gasteiger partial charge in [0.1, 0.15) is 4.32 Å². The standard InChI is InChI=1S/C11H16N2O2S2/c1-3-6-12-9(14)5-4-7-13-10(15)8(2)17-11(13)16/h3,8H,1,4-7H2,2H3,(H,12,14). The molecule has 1 unspecified atom stereocenters. The lowest BCUT2D eigenvalue weighted by Gasteiger charge is -2.14. The van der Waals surface area contributed by atoms with Gasteiger partial charge in [-0.05, 0) is 13.3 Å². The van der Waals surface area contributed by atoms with Crippen LogP contribution in [0.5, 0.6) is 0 Å². The van der Waals surface area contributed by atoms with Crippen LogP contribution in [0.15, 0.2) is 12.7 Å². The third kappa shape index (κ3) is 4.12. The number of nitrogens with zero attached hydrogens (tertiary/aromatic N) is 1. The number of amides is 2. The molecule has 2 amide bonds. The molecule has 1 fully saturated rings. The van der Waals surface area contributed by atoms with Crippen LogP contribution >= 0.6 is 24.0 Å². The predicted octanol–water partition coefficient (Wildman–Crippen LogP) is 1.32. The molecular formula is C11H16N2O2S2. The fourth-order valence-electron chi connectivity index (χ4n) is 1.45. The highest BCUT2D eigenvalue weighted by Crippen LogP contribution is 2.26. The molecule has 1 heterocycles. The van der Waals surface area contributed by atoms with Gasteiger partial charge in [-0.15, -0.1) is 6.58 Å². The number of rotatable bonds is 6. The first-order valence-corrected chi connectivity index (χ1v) is 6.74. The van der Waals surface area contributed by atoms with Crippen molar-refractivity contribution >= 4 is 40.1 Å². The van der Waals surface area contributed by atoms with Crippen molar-refractivity contribution in [3.05, 3.63) is 12.7 Å². The molecule has 0 aromatic rings. The average molecular weight is 272 g/mol. The summed E-state index contributed by atoms with van der Waals surface area (Å²) >= 11 is 6.50. The molecule has 0 aliphatic carbocycles. The summed E-state index contributed by atoms with van der Waals surface area (Å²) in [6, 6.07) is 0. The van der Waals surface area contributed by atoms with Crippen LogP contribution in [-0.2, 0) is 9.59 Å². The highest BCUT2D eigenvalue weighted by molar-refractivity contribution is 8.24. The number of hydrogen-bond donors (Lipinski definition) is 1. The zero-order valence-electron chi connectivity index (χ0n) is 9.77. The maximum absolute atomic E-state index is 11.7. The molecule has 1 N–H and O–H groups in total. The van der Waals surface area contributed by atoms with Gasteiger partial charge in [-0.3, -0.25) is 14.5 Å². The molecule has 1 aliphatic rings. The molecule has 1 rings (SSSR count). The highest BCUT2D eigenvalue weighted by atomic mass is 32.2. The Morgan fingerprint density at radius 1 is 1.71 bits per heavy atom. The summed E-state index contributed by atoms with van der Waals surface area (Å²) in [6.45, 7) is 6.36. The zero-order chi connectivity index (χ0) is 12.8. The highest BCUT2D eigenvalue weighted by Gasteiger charge is 2.32. The van der Waals surface area contributed by atoms with Gasteiger partial charge in [-0.2, -0.15) is 0 Å². The largest absolute Gasteiger partial charge is 0.353 e. The van der Waals surface area contributed by atoms with Crippen LogP contribution in [0.3, 0.4) is 0 Å². The summed E-state index contributed by atoms with van der Waals surface area (Å²) < 4.78 is 0.619. The van der Waals surface area contributed by atoms with Gasteiger partial charge in [0.25, 0.3) is 0 Å². The lowest BCUT2D eigenvalue weighted by molar-refractivity contribution is -0.126. The summed E-state index contributed by atoms with van der Waals surface area (Å²) in [6.07, 6.45) is 2.66. The van der Waals surface area contributed by atoms with E-state index in [9.17, 15) is 9.59 Å². The lowest BCUT2D eigenvalue weighted by Crippen LogP contribution is -2.32. The maximum Gasteiger partial charge on any atom is 0.241 e. The van der Waals surface area contributed by atoms with Crippen molar-refractivity contribution in [1.82, 2.24) is 10.2 Å². The van der Waals surface area contributed by atoms with Crippen molar-refractivity contribution in [2.75, 3.05) is 13.1 Å². The van der Waals surface area contributed by atoms with E-state index >= 15 is 0 Å². The van der Waals surface area contributed by atoms with E-state index in [4.69, 9.17) is 12.2 Å². The molecule has 0 saturated carbocycles. The van der Waals surface area contributed by atoms with Crippen LogP contribution in [-0.4, -0.2) is 39.4 Å². The monoisotopic (exact) mass is 272 g/mol. The maximum atomic E-state index is 11.7. The van der Waals surface area contributed by atoms with E-state index in [0.717, 1.165) is 0 Å². The molecule has 0 bridgehead atoms. The van der Waals surface area contributed by atoms with Gasteiger partial charge in [-0.25, -0.2) is 0 Å². The van der Waals surface area contributed by atoms with Crippen LogP contribution in [0.4, 0.5) is 0 Å². The Balaban J connectivity index is 2.27. The number of carbonyl (C=O) groups is 2. The lowest BCUT2D eigenvalue weighted by atomic mass is 10.2. The van der Waals surface area contributed by atoms with Crippen LogP contribution in [0.1, 0.15) is 19.8 Å². The van der Waals surface area contributed by atoms with Gasteiger partial charge in [0.2, 0.25) is 11.8 Å². The number of hydrogen-bond acceptors (Lipinski definition) is 4. The van der Waals surface area contributed by atoms with Crippen molar-refractivity contribution in [2.45, 2.75) is 25.0 Å². The molecule has 6 heteroatoms. The van der Waals surface area contributed by atoms with Gasteiger partial charge in [0, 0.05) is 19.5 Å². The molecular weight excluding hydrogens is 256 g/mol. The fraction of sp³-hybridized carbons (Fsp3) is 0.545. The summed E-state index contributed by atoms with van der Waals surface area (Å²) in [5.74, 6) is 0.0228. The second-order valence-electron chi connectivity index (χ2n) is 3.71. The Kier molecular flexibility index (Phi) is 5.64. The first-order valence-electron chi connectivity index (χ1n) is 5.46. The number of thioether (sulfide) groups is 1.